The first kappa shape index (κ1) is 25.1. The molecule has 0 atom stereocenters. The second kappa shape index (κ2) is 10.3. The number of aromatic nitrogens is 2. The third-order valence-electron chi connectivity index (χ3n) is 5.04. The van der Waals surface area contributed by atoms with E-state index < -0.39 is 22.5 Å². The molecular formula is C24H20Cl2N4O3S2. The number of carbonyl (C=O) groups excluding carboxylic acids is 1. The first-order valence-electron chi connectivity index (χ1n) is 10.4. The molecular weight excluding hydrogens is 527 g/mol. The van der Waals surface area contributed by atoms with Crippen LogP contribution < -0.4 is 9.62 Å². The van der Waals surface area contributed by atoms with Crippen LogP contribution >= 0.6 is 34.5 Å². The molecule has 0 aliphatic heterocycles. The minimum atomic E-state index is -4.14. The Kier molecular flexibility index (Phi) is 7.42. The summed E-state index contributed by atoms with van der Waals surface area (Å²) < 4.78 is 28.0. The molecule has 0 saturated carbocycles. The molecule has 0 unspecified atom stereocenters. The molecule has 0 radical (unpaired) electrons. The number of rotatable bonds is 7. The number of hydrogen-bond donors (Lipinski definition) is 1. The highest BCUT2D eigenvalue weighted by Crippen LogP contribution is 2.33. The third kappa shape index (κ3) is 5.82. The van der Waals surface area contributed by atoms with E-state index in [-0.39, 0.29) is 25.8 Å². The highest BCUT2D eigenvalue weighted by Gasteiger charge is 2.29. The lowest BCUT2D eigenvalue weighted by molar-refractivity contribution is -0.114. The highest BCUT2D eigenvalue weighted by molar-refractivity contribution is 7.92. The minimum absolute atomic E-state index is 0.0181. The number of hydrogen-bond acceptors (Lipinski definition) is 6. The van der Waals surface area contributed by atoms with Crippen molar-refractivity contribution >= 4 is 61.3 Å². The van der Waals surface area contributed by atoms with Crippen molar-refractivity contribution in [3.63, 3.8) is 0 Å². The van der Waals surface area contributed by atoms with Gasteiger partial charge in [0.25, 0.3) is 10.0 Å². The van der Waals surface area contributed by atoms with Gasteiger partial charge in [0.2, 0.25) is 11.0 Å². The molecule has 1 N–H and O–H groups in total. The normalized spacial score (nSPS) is 11.3. The lowest BCUT2D eigenvalue weighted by Gasteiger charge is -2.25. The average Bonchev–Trinajstić information content (AvgIpc) is 3.28. The van der Waals surface area contributed by atoms with Gasteiger partial charge in [0, 0.05) is 10.6 Å². The molecule has 180 valence electrons. The summed E-state index contributed by atoms with van der Waals surface area (Å²) in [6.07, 6.45) is 0. The first-order chi connectivity index (χ1) is 16.6. The molecule has 3 aromatic carbocycles. The Hall–Kier alpha value is -2.98. The van der Waals surface area contributed by atoms with Crippen LogP contribution in [0.5, 0.6) is 0 Å². The van der Waals surface area contributed by atoms with E-state index >= 15 is 0 Å². The summed E-state index contributed by atoms with van der Waals surface area (Å²) >= 11 is 13.6. The Morgan fingerprint density at radius 3 is 2.23 bits per heavy atom. The molecule has 4 aromatic rings. The number of aryl methyl sites for hydroxylation is 2. The summed E-state index contributed by atoms with van der Waals surface area (Å²) in [5.74, 6) is -0.608. The molecule has 0 saturated heterocycles. The number of halogens is 2. The molecule has 1 amide bonds. The van der Waals surface area contributed by atoms with Crippen molar-refractivity contribution < 1.29 is 13.2 Å². The maximum absolute atomic E-state index is 13.5. The quantitative estimate of drug-likeness (QED) is 0.308. The van der Waals surface area contributed by atoms with Gasteiger partial charge in [-0.15, -0.1) is 10.2 Å². The Balaban J connectivity index is 1.62. The van der Waals surface area contributed by atoms with E-state index in [2.05, 4.69) is 15.5 Å². The Morgan fingerprint density at radius 2 is 1.57 bits per heavy atom. The highest BCUT2D eigenvalue weighted by atomic mass is 35.5. The van der Waals surface area contributed by atoms with Crippen LogP contribution in [0.25, 0.3) is 10.6 Å². The van der Waals surface area contributed by atoms with E-state index in [1.54, 1.807) is 12.1 Å². The number of carbonyl (C=O) groups is 1. The van der Waals surface area contributed by atoms with Gasteiger partial charge in [-0.05, 0) is 44.2 Å². The molecule has 0 aliphatic rings. The zero-order valence-corrected chi connectivity index (χ0v) is 21.8. The van der Waals surface area contributed by atoms with Crippen LogP contribution in [0.15, 0.2) is 71.6 Å². The maximum atomic E-state index is 13.5. The van der Waals surface area contributed by atoms with E-state index in [1.165, 1.54) is 41.7 Å². The van der Waals surface area contributed by atoms with Crippen LogP contribution in [0, 0.1) is 13.8 Å². The zero-order chi connectivity index (χ0) is 25.2. The van der Waals surface area contributed by atoms with Crippen LogP contribution in [0.1, 0.15) is 11.1 Å². The molecule has 1 aromatic heterocycles. The van der Waals surface area contributed by atoms with Crippen LogP contribution in [0.4, 0.5) is 10.8 Å². The fraction of sp³-hybridized carbons (Fsp3) is 0.125. The van der Waals surface area contributed by atoms with Gasteiger partial charge in [-0.3, -0.25) is 14.4 Å². The van der Waals surface area contributed by atoms with Crippen LogP contribution in [0.3, 0.4) is 0 Å². The van der Waals surface area contributed by atoms with Crippen molar-refractivity contribution in [1.29, 1.82) is 0 Å². The molecule has 11 heteroatoms. The molecule has 1 heterocycles. The van der Waals surface area contributed by atoms with Gasteiger partial charge >= 0.3 is 0 Å². The molecule has 35 heavy (non-hydrogen) atoms. The summed E-state index contributed by atoms with van der Waals surface area (Å²) in [4.78, 5) is 13.0. The maximum Gasteiger partial charge on any atom is 0.264 e. The standard InChI is InChI=1S/C24H20Cl2N4O3S2/c1-15-3-7-17(8-4-15)23-28-29-24(34-23)27-22(31)14-30(21-13-18(25)9-12-20(21)26)35(32,33)19-10-5-16(2)6-11-19/h3-13H,14H2,1-2H3,(H,27,29,31). The first-order valence-corrected chi connectivity index (χ1v) is 13.4. The van der Waals surface area contributed by atoms with Gasteiger partial charge in [-0.25, -0.2) is 8.42 Å². The summed E-state index contributed by atoms with van der Waals surface area (Å²) in [6, 6.07) is 18.5. The summed E-state index contributed by atoms with van der Waals surface area (Å²) in [6.45, 7) is 3.29. The van der Waals surface area contributed by atoms with Crippen LogP contribution in [-0.2, 0) is 14.8 Å². The number of anilines is 2. The second-order valence-corrected chi connectivity index (χ2v) is 11.4. The van der Waals surface area contributed by atoms with Crippen molar-refractivity contribution in [3.8, 4) is 10.6 Å². The SMILES string of the molecule is Cc1ccc(-c2nnc(NC(=O)CN(c3cc(Cl)ccc3Cl)S(=O)(=O)c3ccc(C)cc3)s2)cc1. The number of sulfonamides is 1. The van der Waals surface area contributed by atoms with E-state index in [0.717, 1.165) is 21.0 Å². The van der Waals surface area contributed by atoms with Crippen molar-refractivity contribution in [2.75, 3.05) is 16.2 Å². The van der Waals surface area contributed by atoms with Gasteiger partial charge < -0.3 is 0 Å². The number of amides is 1. The predicted octanol–water partition coefficient (Wildman–Crippen LogP) is 5.96. The molecule has 0 aliphatic carbocycles. The second-order valence-electron chi connectivity index (χ2n) is 7.75. The molecule has 4 rings (SSSR count). The Bertz CT molecular complexity index is 1470. The van der Waals surface area contributed by atoms with Gasteiger partial charge in [-0.1, -0.05) is 82.1 Å². The molecule has 7 nitrogen and oxygen atoms in total. The van der Waals surface area contributed by atoms with E-state index in [1.807, 2.05) is 38.1 Å². The van der Waals surface area contributed by atoms with Crippen LogP contribution in [0.2, 0.25) is 10.0 Å². The number of benzene rings is 3. The monoisotopic (exact) mass is 546 g/mol. The van der Waals surface area contributed by atoms with Gasteiger partial charge in [0.15, 0.2) is 0 Å². The lowest BCUT2D eigenvalue weighted by Crippen LogP contribution is -2.38. The zero-order valence-electron chi connectivity index (χ0n) is 18.7. The van der Waals surface area contributed by atoms with E-state index in [4.69, 9.17) is 23.2 Å². The largest absolute Gasteiger partial charge is 0.299 e. The fourth-order valence-electron chi connectivity index (χ4n) is 3.19. The van der Waals surface area contributed by atoms with Crippen molar-refractivity contribution in [2.24, 2.45) is 0 Å². The molecule has 0 spiro atoms. The topological polar surface area (TPSA) is 92.3 Å². The predicted molar refractivity (Wildman–Crippen MR) is 141 cm³/mol. The summed E-state index contributed by atoms with van der Waals surface area (Å²) in [7, 11) is -4.14. The Labute approximate surface area is 217 Å². The molecule has 0 fully saturated rings. The average molecular weight is 547 g/mol. The molecule has 0 bridgehead atoms. The fourth-order valence-corrected chi connectivity index (χ4v) is 5.82. The van der Waals surface area contributed by atoms with E-state index in [0.29, 0.717) is 5.01 Å². The van der Waals surface area contributed by atoms with Gasteiger partial charge in [0.05, 0.1) is 15.6 Å². The number of nitrogens with one attached hydrogen (secondary N) is 1. The summed E-state index contributed by atoms with van der Waals surface area (Å²) in [5.41, 5.74) is 2.96. The third-order valence-corrected chi connectivity index (χ3v) is 8.26. The lowest BCUT2D eigenvalue weighted by atomic mass is 10.2. The van der Waals surface area contributed by atoms with Crippen LogP contribution in [-0.4, -0.2) is 31.1 Å². The number of nitrogens with zero attached hydrogens (tertiary/aromatic N) is 3. The van der Waals surface area contributed by atoms with E-state index in [9.17, 15) is 13.2 Å². The van der Waals surface area contributed by atoms with Gasteiger partial charge in [0.1, 0.15) is 11.6 Å². The minimum Gasteiger partial charge on any atom is -0.299 e. The van der Waals surface area contributed by atoms with Gasteiger partial charge in [-0.2, -0.15) is 0 Å². The van der Waals surface area contributed by atoms with Crippen molar-refractivity contribution in [3.05, 3.63) is 87.9 Å². The smallest absolute Gasteiger partial charge is 0.264 e. The van der Waals surface area contributed by atoms with Crippen molar-refractivity contribution in [2.45, 2.75) is 18.7 Å². The van der Waals surface area contributed by atoms with Crippen molar-refractivity contribution in [1.82, 2.24) is 10.2 Å². The summed E-state index contributed by atoms with van der Waals surface area (Å²) in [5, 5.41) is 12.1. The Morgan fingerprint density at radius 1 is 0.943 bits per heavy atom.